The van der Waals surface area contributed by atoms with E-state index in [4.69, 9.17) is 4.74 Å². The molecule has 0 spiro atoms. The predicted molar refractivity (Wildman–Crippen MR) is 82.7 cm³/mol. The van der Waals surface area contributed by atoms with Crippen LogP contribution in [0.2, 0.25) is 0 Å². The van der Waals surface area contributed by atoms with Gasteiger partial charge in [0.1, 0.15) is 6.61 Å². The molecule has 2 heterocycles. The number of fused-ring (bicyclic) bond motifs is 3. The third-order valence-corrected chi connectivity index (χ3v) is 5.81. The highest BCUT2D eigenvalue weighted by atomic mass is 32.1. The third kappa shape index (κ3) is 2.56. The van der Waals surface area contributed by atoms with E-state index < -0.39 is 0 Å². The smallest absolute Gasteiger partial charge is 0.306 e. The molecule has 0 N–H and O–H groups in total. The van der Waals surface area contributed by atoms with E-state index in [1.165, 1.54) is 47.5 Å². The van der Waals surface area contributed by atoms with Gasteiger partial charge in [-0.25, -0.2) is 4.98 Å². The van der Waals surface area contributed by atoms with Crippen molar-refractivity contribution >= 4 is 22.3 Å². The highest BCUT2D eigenvalue weighted by Crippen LogP contribution is 2.49. The van der Waals surface area contributed by atoms with Crippen LogP contribution in [0.3, 0.4) is 0 Å². The van der Waals surface area contributed by atoms with Crippen molar-refractivity contribution in [2.24, 2.45) is 17.8 Å². The summed E-state index contributed by atoms with van der Waals surface area (Å²) in [7, 11) is 0. The lowest BCUT2D eigenvalue weighted by Crippen LogP contribution is -2.18. The Kier molecular flexibility index (Phi) is 3.48. The zero-order valence-corrected chi connectivity index (χ0v) is 13.1. The lowest BCUT2D eigenvalue weighted by molar-refractivity contribution is -0.146. The molecule has 0 amide bonds. The first-order valence-corrected chi connectivity index (χ1v) is 8.68. The van der Waals surface area contributed by atoms with Gasteiger partial charge in [0.25, 0.3) is 5.56 Å². The summed E-state index contributed by atoms with van der Waals surface area (Å²) in [5, 5.41) is 1.81. The molecule has 0 saturated heterocycles. The molecule has 5 nitrogen and oxygen atoms in total. The molecule has 116 valence electrons. The Balaban J connectivity index is 1.37. The SMILES string of the molecule is O=C(C[C@@H]1C[C@H]2CC[C@@H]1C2)OCc1cc(=O)n2ccsc2n1. The van der Waals surface area contributed by atoms with Crippen molar-refractivity contribution in [3.05, 3.63) is 33.7 Å². The monoisotopic (exact) mass is 318 g/mol. The van der Waals surface area contributed by atoms with E-state index in [9.17, 15) is 9.59 Å². The average Bonchev–Trinajstić information content (AvgIpc) is 3.20. The Morgan fingerprint density at radius 2 is 2.32 bits per heavy atom. The number of nitrogens with zero attached hydrogens (tertiary/aromatic N) is 2. The van der Waals surface area contributed by atoms with E-state index in [0.29, 0.717) is 23.0 Å². The Morgan fingerprint density at radius 3 is 3.09 bits per heavy atom. The van der Waals surface area contributed by atoms with Gasteiger partial charge in [-0.1, -0.05) is 6.42 Å². The molecule has 2 saturated carbocycles. The predicted octanol–water partition coefficient (Wildman–Crippen LogP) is 2.63. The van der Waals surface area contributed by atoms with Gasteiger partial charge in [-0.05, 0) is 37.0 Å². The molecule has 2 fully saturated rings. The van der Waals surface area contributed by atoms with Crippen molar-refractivity contribution in [1.82, 2.24) is 9.38 Å². The average molecular weight is 318 g/mol. The lowest BCUT2D eigenvalue weighted by Gasteiger charge is -2.20. The van der Waals surface area contributed by atoms with Crippen molar-refractivity contribution in [2.75, 3.05) is 0 Å². The number of rotatable bonds is 4. The summed E-state index contributed by atoms with van der Waals surface area (Å²) in [6.45, 7) is 0.0866. The molecule has 2 aliphatic carbocycles. The molecular formula is C16H18N2O3S. The van der Waals surface area contributed by atoms with E-state index in [0.717, 1.165) is 11.8 Å². The number of carbonyl (C=O) groups excluding carboxylic acids is 1. The Morgan fingerprint density at radius 1 is 1.41 bits per heavy atom. The molecule has 3 atom stereocenters. The fraction of sp³-hybridized carbons (Fsp3) is 0.562. The fourth-order valence-electron chi connectivity index (χ4n) is 4.02. The quantitative estimate of drug-likeness (QED) is 0.813. The summed E-state index contributed by atoms with van der Waals surface area (Å²) in [4.78, 5) is 28.8. The Labute approximate surface area is 131 Å². The van der Waals surface area contributed by atoms with Gasteiger partial charge in [-0.15, -0.1) is 11.3 Å². The summed E-state index contributed by atoms with van der Waals surface area (Å²) < 4.78 is 6.82. The maximum atomic E-state index is 12.0. The fourth-order valence-corrected chi connectivity index (χ4v) is 4.75. The topological polar surface area (TPSA) is 60.7 Å². The number of thiazole rings is 1. The second-order valence-corrected chi connectivity index (χ2v) is 7.31. The van der Waals surface area contributed by atoms with Gasteiger partial charge >= 0.3 is 5.97 Å². The molecule has 2 bridgehead atoms. The second kappa shape index (κ2) is 5.50. The summed E-state index contributed by atoms with van der Waals surface area (Å²) in [5.74, 6) is 1.91. The molecule has 0 radical (unpaired) electrons. The van der Waals surface area contributed by atoms with E-state index >= 15 is 0 Å². The molecular weight excluding hydrogens is 300 g/mol. The minimum absolute atomic E-state index is 0.0866. The van der Waals surface area contributed by atoms with E-state index in [2.05, 4.69) is 4.98 Å². The Bertz CT molecular complexity index is 766. The second-order valence-electron chi connectivity index (χ2n) is 6.44. The van der Waals surface area contributed by atoms with Gasteiger partial charge in [0.05, 0.1) is 5.69 Å². The van der Waals surface area contributed by atoms with Crippen molar-refractivity contribution < 1.29 is 9.53 Å². The first kappa shape index (κ1) is 13.9. The number of hydrogen-bond donors (Lipinski definition) is 0. The molecule has 0 aliphatic heterocycles. The summed E-state index contributed by atoms with van der Waals surface area (Å²) >= 11 is 1.40. The van der Waals surface area contributed by atoms with Crippen molar-refractivity contribution in [3.63, 3.8) is 0 Å². The van der Waals surface area contributed by atoms with E-state index in [1.54, 1.807) is 6.20 Å². The number of esters is 1. The van der Waals surface area contributed by atoms with Crippen molar-refractivity contribution in [3.8, 4) is 0 Å². The summed E-state index contributed by atoms with van der Waals surface area (Å²) in [6.07, 6.45) is 7.30. The minimum Gasteiger partial charge on any atom is -0.459 e. The summed E-state index contributed by atoms with van der Waals surface area (Å²) in [5.41, 5.74) is 0.388. The van der Waals surface area contributed by atoms with Gasteiger partial charge in [0.15, 0.2) is 4.96 Å². The van der Waals surface area contributed by atoms with Crippen LogP contribution in [-0.4, -0.2) is 15.4 Å². The third-order valence-electron chi connectivity index (χ3n) is 5.05. The van der Waals surface area contributed by atoms with Gasteiger partial charge < -0.3 is 4.74 Å². The molecule has 2 aromatic rings. The Hall–Kier alpha value is -1.69. The lowest BCUT2D eigenvalue weighted by atomic mass is 9.86. The molecule has 2 aliphatic rings. The van der Waals surface area contributed by atoms with Crippen LogP contribution in [0.4, 0.5) is 0 Å². The standard InChI is InChI=1S/C16H18N2O3S/c19-14-8-13(17-16-18(14)3-4-22-16)9-21-15(20)7-12-6-10-1-2-11(12)5-10/h3-4,8,10-12H,1-2,5-7,9H2/t10-,11+,12-/m0/s1. The van der Waals surface area contributed by atoms with Crippen LogP contribution in [-0.2, 0) is 16.1 Å². The molecule has 4 rings (SSSR count). The van der Waals surface area contributed by atoms with Crippen molar-refractivity contribution in [1.29, 1.82) is 0 Å². The van der Waals surface area contributed by atoms with E-state index in [-0.39, 0.29) is 18.1 Å². The molecule has 2 aromatic heterocycles. The minimum atomic E-state index is -0.161. The number of aromatic nitrogens is 2. The number of ether oxygens (including phenoxy) is 1. The van der Waals surface area contributed by atoms with Gasteiger partial charge in [-0.2, -0.15) is 0 Å². The largest absolute Gasteiger partial charge is 0.459 e. The van der Waals surface area contributed by atoms with Gasteiger partial charge in [0, 0.05) is 24.1 Å². The molecule has 0 aromatic carbocycles. The summed E-state index contributed by atoms with van der Waals surface area (Å²) in [6, 6.07) is 1.44. The molecule has 22 heavy (non-hydrogen) atoms. The van der Waals surface area contributed by atoms with Crippen molar-refractivity contribution in [2.45, 2.75) is 38.7 Å². The van der Waals surface area contributed by atoms with Crippen LogP contribution in [0.15, 0.2) is 22.4 Å². The normalized spacial score (nSPS) is 26.6. The first-order chi connectivity index (χ1) is 10.7. The zero-order chi connectivity index (χ0) is 15.1. The van der Waals surface area contributed by atoms with Crippen LogP contribution in [0.1, 0.15) is 37.8 Å². The van der Waals surface area contributed by atoms with Crippen LogP contribution >= 0.6 is 11.3 Å². The van der Waals surface area contributed by atoms with Gasteiger partial charge in [-0.3, -0.25) is 14.0 Å². The van der Waals surface area contributed by atoms with E-state index in [1.807, 2.05) is 5.38 Å². The maximum absolute atomic E-state index is 12.0. The zero-order valence-electron chi connectivity index (χ0n) is 12.2. The number of hydrogen-bond acceptors (Lipinski definition) is 5. The molecule has 6 heteroatoms. The van der Waals surface area contributed by atoms with Crippen LogP contribution in [0.5, 0.6) is 0 Å². The maximum Gasteiger partial charge on any atom is 0.306 e. The van der Waals surface area contributed by atoms with Crippen LogP contribution in [0, 0.1) is 17.8 Å². The van der Waals surface area contributed by atoms with Crippen LogP contribution in [0.25, 0.3) is 4.96 Å². The molecule has 0 unspecified atom stereocenters. The first-order valence-electron chi connectivity index (χ1n) is 7.80. The van der Waals surface area contributed by atoms with Gasteiger partial charge in [0.2, 0.25) is 0 Å². The highest BCUT2D eigenvalue weighted by molar-refractivity contribution is 7.15. The van der Waals surface area contributed by atoms with Crippen LogP contribution < -0.4 is 5.56 Å². The number of carbonyl (C=O) groups is 1. The highest BCUT2D eigenvalue weighted by Gasteiger charge is 2.40.